The van der Waals surface area contributed by atoms with E-state index < -0.39 is 17.7 Å². The molecule has 35 heavy (non-hydrogen) atoms. The fourth-order valence-electron chi connectivity index (χ4n) is 4.31. The lowest BCUT2D eigenvalue weighted by Gasteiger charge is -2.26. The van der Waals surface area contributed by atoms with E-state index in [1.54, 1.807) is 43.5 Å². The Labute approximate surface area is 205 Å². The Morgan fingerprint density at radius 2 is 1.66 bits per heavy atom. The third-order valence-corrected chi connectivity index (χ3v) is 5.99. The van der Waals surface area contributed by atoms with Gasteiger partial charge in [-0.15, -0.1) is 0 Å². The highest BCUT2D eigenvalue weighted by atomic mass is 16.5. The van der Waals surface area contributed by atoms with Gasteiger partial charge in [0.1, 0.15) is 17.3 Å². The number of methoxy groups -OCH3 is 1. The third-order valence-electron chi connectivity index (χ3n) is 5.99. The summed E-state index contributed by atoms with van der Waals surface area (Å²) < 4.78 is 11.1. The fraction of sp³-hybridized carbons (Fsp3) is 0.241. The van der Waals surface area contributed by atoms with Gasteiger partial charge < -0.3 is 14.6 Å². The second-order valence-corrected chi connectivity index (χ2v) is 8.92. The number of amides is 1. The highest BCUT2D eigenvalue weighted by Gasteiger charge is 2.47. The molecule has 1 unspecified atom stereocenters. The van der Waals surface area contributed by atoms with Crippen LogP contribution in [0.1, 0.15) is 42.1 Å². The van der Waals surface area contributed by atoms with Crippen molar-refractivity contribution in [3.05, 3.63) is 94.6 Å². The first kappa shape index (κ1) is 24.1. The largest absolute Gasteiger partial charge is 0.507 e. The number of aryl methyl sites for hydroxylation is 2. The van der Waals surface area contributed by atoms with Gasteiger partial charge in [0.05, 0.1) is 24.8 Å². The highest BCUT2D eigenvalue weighted by Crippen LogP contribution is 2.43. The maximum atomic E-state index is 13.4. The molecule has 1 aliphatic heterocycles. The van der Waals surface area contributed by atoms with Crippen LogP contribution in [0.5, 0.6) is 11.5 Å². The van der Waals surface area contributed by atoms with Crippen molar-refractivity contribution < 1.29 is 24.2 Å². The molecule has 3 aromatic rings. The number of hydrogen-bond acceptors (Lipinski definition) is 5. The highest BCUT2D eigenvalue weighted by molar-refractivity contribution is 6.51. The fourth-order valence-corrected chi connectivity index (χ4v) is 4.31. The minimum atomic E-state index is -0.824. The number of carbonyl (C=O) groups is 2. The van der Waals surface area contributed by atoms with Gasteiger partial charge in [0.15, 0.2) is 0 Å². The standard InChI is InChI=1S/C29H29NO5/c1-17(2)35-22-13-11-20(12-14-22)26-25(27(31)24-15-18(3)9-10-19(24)4)28(32)29(33)30(26)21-7-6-8-23(16-21)34-5/h6-17,26,31H,1-5H3/b27-25+. The Bertz CT molecular complexity index is 1310. The van der Waals surface area contributed by atoms with E-state index in [-0.39, 0.29) is 17.4 Å². The number of rotatable bonds is 6. The molecule has 3 aromatic carbocycles. The number of benzene rings is 3. The number of carbonyl (C=O) groups excluding carboxylic acids is 2. The summed E-state index contributed by atoms with van der Waals surface area (Å²) in [4.78, 5) is 28.2. The van der Waals surface area contributed by atoms with Crippen molar-refractivity contribution in [2.45, 2.75) is 39.8 Å². The van der Waals surface area contributed by atoms with Crippen molar-refractivity contribution in [1.29, 1.82) is 0 Å². The second-order valence-electron chi connectivity index (χ2n) is 8.92. The van der Waals surface area contributed by atoms with E-state index >= 15 is 0 Å². The van der Waals surface area contributed by atoms with Crippen LogP contribution in [0.4, 0.5) is 5.69 Å². The minimum Gasteiger partial charge on any atom is -0.507 e. The van der Waals surface area contributed by atoms with Crippen LogP contribution in [0.25, 0.3) is 5.76 Å². The SMILES string of the molecule is COc1cccc(N2C(=O)C(=O)/C(=C(/O)c3cc(C)ccc3C)C2c2ccc(OC(C)C)cc2)c1. The van der Waals surface area contributed by atoms with Crippen LogP contribution >= 0.6 is 0 Å². The molecule has 1 heterocycles. The molecule has 4 rings (SSSR count). The average molecular weight is 472 g/mol. The molecule has 0 spiro atoms. The molecule has 6 heteroatoms. The molecule has 0 bridgehead atoms. The molecule has 1 aliphatic rings. The second kappa shape index (κ2) is 9.66. The van der Waals surface area contributed by atoms with Crippen LogP contribution in [-0.2, 0) is 9.59 Å². The number of ether oxygens (including phenoxy) is 2. The van der Waals surface area contributed by atoms with Crippen LogP contribution in [0.2, 0.25) is 0 Å². The van der Waals surface area contributed by atoms with E-state index in [1.165, 1.54) is 4.90 Å². The molecule has 0 saturated carbocycles. The zero-order valence-electron chi connectivity index (χ0n) is 20.5. The Morgan fingerprint density at radius 1 is 0.943 bits per heavy atom. The van der Waals surface area contributed by atoms with Crippen molar-refractivity contribution >= 4 is 23.1 Å². The Kier molecular flexibility index (Phi) is 6.65. The summed E-state index contributed by atoms with van der Waals surface area (Å²) >= 11 is 0. The predicted octanol–water partition coefficient (Wildman–Crippen LogP) is 5.73. The lowest BCUT2D eigenvalue weighted by molar-refractivity contribution is -0.132. The first-order chi connectivity index (χ1) is 16.7. The van der Waals surface area contributed by atoms with Gasteiger partial charge in [-0.25, -0.2) is 0 Å². The van der Waals surface area contributed by atoms with Gasteiger partial charge in [-0.05, 0) is 69.2 Å². The molecule has 1 atom stereocenters. The zero-order chi connectivity index (χ0) is 25.3. The van der Waals surface area contributed by atoms with E-state index in [2.05, 4.69) is 0 Å². The maximum absolute atomic E-state index is 13.4. The molecular weight excluding hydrogens is 442 g/mol. The van der Waals surface area contributed by atoms with Gasteiger partial charge in [0.2, 0.25) is 0 Å². The molecule has 6 nitrogen and oxygen atoms in total. The summed E-state index contributed by atoms with van der Waals surface area (Å²) in [5.41, 5.74) is 3.49. The molecule has 0 radical (unpaired) electrons. The maximum Gasteiger partial charge on any atom is 0.300 e. The molecule has 0 aliphatic carbocycles. The number of ketones is 1. The number of nitrogens with zero attached hydrogens (tertiary/aromatic N) is 1. The molecule has 1 fully saturated rings. The Hall–Kier alpha value is -4.06. The average Bonchev–Trinajstić information content (AvgIpc) is 3.10. The van der Waals surface area contributed by atoms with Crippen LogP contribution in [0, 0.1) is 13.8 Å². The summed E-state index contributed by atoms with van der Waals surface area (Å²) in [6.07, 6.45) is 0.00700. The Balaban J connectivity index is 1.93. The van der Waals surface area contributed by atoms with Crippen molar-refractivity contribution in [1.82, 2.24) is 0 Å². The number of anilines is 1. The van der Waals surface area contributed by atoms with Crippen LogP contribution in [0.3, 0.4) is 0 Å². The quantitative estimate of drug-likeness (QED) is 0.282. The first-order valence-electron chi connectivity index (χ1n) is 11.5. The summed E-state index contributed by atoms with van der Waals surface area (Å²) in [6, 6.07) is 19.0. The molecule has 180 valence electrons. The van der Waals surface area contributed by atoms with Gasteiger partial charge in [-0.1, -0.05) is 35.9 Å². The van der Waals surface area contributed by atoms with E-state index in [0.29, 0.717) is 28.3 Å². The van der Waals surface area contributed by atoms with Gasteiger partial charge in [-0.2, -0.15) is 0 Å². The summed E-state index contributed by atoms with van der Waals surface area (Å²) in [6.45, 7) is 7.65. The third kappa shape index (κ3) is 4.64. The lowest BCUT2D eigenvalue weighted by Crippen LogP contribution is -2.29. The number of aliphatic hydroxyl groups is 1. The lowest BCUT2D eigenvalue weighted by atomic mass is 9.93. The van der Waals surface area contributed by atoms with Crippen molar-refractivity contribution in [2.75, 3.05) is 12.0 Å². The predicted molar refractivity (Wildman–Crippen MR) is 136 cm³/mol. The smallest absolute Gasteiger partial charge is 0.300 e. The number of hydrogen-bond donors (Lipinski definition) is 1. The van der Waals surface area contributed by atoms with Crippen LogP contribution in [0.15, 0.2) is 72.3 Å². The molecule has 1 N–H and O–H groups in total. The van der Waals surface area contributed by atoms with Gasteiger partial charge >= 0.3 is 0 Å². The molecule has 0 aromatic heterocycles. The van der Waals surface area contributed by atoms with E-state index in [1.807, 2.05) is 58.0 Å². The van der Waals surface area contributed by atoms with Crippen LogP contribution in [-0.4, -0.2) is 30.0 Å². The minimum absolute atomic E-state index is 0.00700. The van der Waals surface area contributed by atoms with E-state index in [4.69, 9.17) is 9.47 Å². The normalized spacial score (nSPS) is 17.2. The topological polar surface area (TPSA) is 76.1 Å². The molecular formula is C29H29NO5. The van der Waals surface area contributed by atoms with Gasteiger partial charge in [0, 0.05) is 17.3 Å². The zero-order valence-corrected chi connectivity index (χ0v) is 20.5. The van der Waals surface area contributed by atoms with Crippen LogP contribution < -0.4 is 14.4 Å². The van der Waals surface area contributed by atoms with Crippen molar-refractivity contribution in [2.24, 2.45) is 0 Å². The first-order valence-corrected chi connectivity index (χ1v) is 11.5. The number of Topliss-reactive ketones (excluding diaryl/α,β-unsaturated/α-hetero) is 1. The van der Waals surface area contributed by atoms with Gasteiger partial charge in [0.25, 0.3) is 11.7 Å². The summed E-state index contributed by atoms with van der Waals surface area (Å²) in [5.74, 6) is -0.409. The van der Waals surface area contributed by atoms with Crippen molar-refractivity contribution in [3.63, 3.8) is 0 Å². The van der Waals surface area contributed by atoms with E-state index in [9.17, 15) is 14.7 Å². The van der Waals surface area contributed by atoms with Gasteiger partial charge in [-0.3, -0.25) is 14.5 Å². The summed E-state index contributed by atoms with van der Waals surface area (Å²) in [7, 11) is 1.54. The van der Waals surface area contributed by atoms with E-state index in [0.717, 1.165) is 11.1 Å². The number of aliphatic hydroxyl groups excluding tert-OH is 1. The van der Waals surface area contributed by atoms with Crippen molar-refractivity contribution in [3.8, 4) is 11.5 Å². The monoisotopic (exact) mass is 471 g/mol. The summed E-state index contributed by atoms with van der Waals surface area (Å²) in [5, 5.41) is 11.4. The molecule has 1 amide bonds. The Morgan fingerprint density at radius 3 is 2.31 bits per heavy atom. The molecule has 1 saturated heterocycles.